The van der Waals surface area contributed by atoms with Crippen molar-refractivity contribution >= 4 is 0 Å². The fraction of sp³-hybridized carbons (Fsp3) is 0.471. The summed E-state index contributed by atoms with van der Waals surface area (Å²) < 4.78 is 8.09. The van der Waals surface area contributed by atoms with Crippen molar-refractivity contribution in [2.75, 3.05) is 7.05 Å². The molecule has 2 fully saturated rings. The second-order valence-corrected chi connectivity index (χ2v) is 6.04. The number of nitrogens with one attached hydrogen (secondary N) is 1. The van der Waals surface area contributed by atoms with Crippen molar-refractivity contribution in [2.24, 2.45) is 5.92 Å². The van der Waals surface area contributed by atoms with Gasteiger partial charge in [-0.25, -0.2) is 4.68 Å². The zero-order valence-electron chi connectivity index (χ0n) is 12.3. The molecule has 0 aliphatic carbocycles. The molecule has 2 aliphatic heterocycles. The first-order valence-electron chi connectivity index (χ1n) is 7.79. The van der Waals surface area contributed by atoms with E-state index >= 15 is 0 Å². The van der Waals surface area contributed by atoms with Gasteiger partial charge in [0, 0.05) is 12.1 Å². The summed E-state index contributed by atoms with van der Waals surface area (Å²) in [7, 11) is 2.04. The molecule has 1 N–H and O–H groups in total. The average Bonchev–Trinajstić information content (AvgIpc) is 3.25. The molecule has 4 unspecified atom stereocenters. The molecule has 0 saturated carbocycles. The van der Waals surface area contributed by atoms with E-state index in [4.69, 9.17) is 4.74 Å². The fourth-order valence-electron chi connectivity index (χ4n) is 3.94. The van der Waals surface area contributed by atoms with Crippen LogP contribution >= 0.6 is 0 Å². The standard InChI is InChI=1S/C17H21N3O/c1-18-17(14-11-13-7-8-16(14)21-13)15-9-10-19-20(15)12-5-3-2-4-6-12/h2-6,9-10,13-14,16-18H,7-8,11H2,1H3. The van der Waals surface area contributed by atoms with Gasteiger partial charge in [0.25, 0.3) is 0 Å². The number of nitrogens with zero attached hydrogens (tertiary/aromatic N) is 2. The Bertz CT molecular complexity index is 610. The predicted octanol–water partition coefficient (Wildman–Crippen LogP) is 2.70. The first kappa shape index (κ1) is 13.0. The van der Waals surface area contributed by atoms with Crippen molar-refractivity contribution in [3.8, 4) is 5.69 Å². The van der Waals surface area contributed by atoms with Gasteiger partial charge in [-0.1, -0.05) is 18.2 Å². The van der Waals surface area contributed by atoms with Gasteiger partial charge in [-0.05, 0) is 44.5 Å². The summed E-state index contributed by atoms with van der Waals surface area (Å²) in [5.74, 6) is 0.549. The summed E-state index contributed by atoms with van der Waals surface area (Å²) in [6, 6.07) is 12.8. The molecule has 0 amide bonds. The molecule has 2 aliphatic rings. The molecule has 1 aromatic heterocycles. The molecule has 4 nitrogen and oxygen atoms in total. The van der Waals surface area contributed by atoms with Crippen LogP contribution in [0.1, 0.15) is 31.0 Å². The van der Waals surface area contributed by atoms with Crippen LogP contribution in [0.25, 0.3) is 5.69 Å². The maximum Gasteiger partial charge on any atom is 0.0649 e. The van der Waals surface area contributed by atoms with Gasteiger partial charge < -0.3 is 10.1 Å². The fourth-order valence-corrected chi connectivity index (χ4v) is 3.94. The van der Waals surface area contributed by atoms with Crippen molar-refractivity contribution in [1.29, 1.82) is 0 Å². The summed E-state index contributed by atoms with van der Waals surface area (Å²) in [6.07, 6.45) is 6.37. The van der Waals surface area contributed by atoms with E-state index in [0.29, 0.717) is 24.2 Å². The Balaban J connectivity index is 1.68. The highest BCUT2D eigenvalue weighted by Gasteiger charge is 2.45. The van der Waals surface area contributed by atoms with E-state index in [1.54, 1.807) is 0 Å². The van der Waals surface area contributed by atoms with Crippen LogP contribution in [0, 0.1) is 5.92 Å². The van der Waals surface area contributed by atoms with Crippen molar-refractivity contribution in [3.05, 3.63) is 48.3 Å². The van der Waals surface area contributed by atoms with Crippen LogP contribution in [-0.2, 0) is 4.74 Å². The Kier molecular flexibility index (Phi) is 3.28. The number of fused-ring (bicyclic) bond motifs is 2. The summed E-state index contributed by atoms with van der Waals surface area (Å²) >= 11 is 0. The molecule has 2 bridgehead atoms. The van der Waals surface area contributed by atoms with Gasteiger partial charge in [0.15, 0.2) is 0 Å². The van der Waals surface area contributed by atoms with E-state index in [1.165, 1.54) is 18.5 Å². The van der Waals surface area contributed by atoms with Crippen LogP contribution in [0.15, 0.2) is 42.6 Å². The van der Waals surface area contributed by atoms with E-state index in [-0.39, 0.29) is 0 Å². The molecule has 2 aromatic rings. The number of rotatable bonds is 4. The van der Waals surface area contributed by atoms with Crippen LogP contribution in [0.3, 0.4) is 0 Å². The second kappa shape index (κ2) is 5.28. The lowest BCUT2D eigenvalue weighted by atomic mass is 9.82. The molecule has 4 atom stereocenters. The molecule has 1 aromatic carbocycles. The summed E-state index contributed by atoms with van der Waals surface area (Å²) in [4.78, 5) is 0. The normalized spacial score (nSPS) is 28.9. The topological polar surface area (TPSA) is 39.1 Å². The highest BCUT2D eigenvalue weighted by molar-refractivity contribution is 5.33. The highest BCUT2D eigenvalue weighted by atomic mass is 16.5. The molecule has 21 heavy (non-hydrogen) atoms. The molecule has 0 radical (unpaired) electrons. The van der Waals surface area contributed by atoms with Crippen molar-refractivity contribution < 1.29 is 4.74 Å². The Morgan fingerprint density at radius 2 is 2.10 bits per heavy atom. The molecule has 0 spiro atoms. The van der Waals surface area contributed by atoms with Crippen LogP contribution < -0.4 is 5.32 Å². The van der Waals surface area contributed by atoms with E-state index in [0.717, 1.165) is 12.1 Å². The van der Waals surface area contributed by atoms with E-state index in [9.17, 15) is 0 Å². The second-order valence-electron chi connectivity index (χ2n) is 6.04. The lowest BCUT2D eigenvalue weighted by molar-refractivity contribution is 0.0858. The number of hydrogen-bond donors (Lipinski definition) is 1. The largest absolute Gasteiger partial charge is 0.375 e. The minimum atomic E-state index is 0.294. The van der Waals surface area contributed by atoms with Gasteiger partial charge in [-0.3, -0.25) is 0 Å². The smallest absolute Gasteiger partial charge is 0.0649 e. The lowest BCUT2D eigenvalue weighted by Crippen LogP contribution is -2.33. The van der Waals surface area contributed by atoms with E-state index < -0.39 is 0 Å². The third-order valence-corrected chi connectivity index (χ3v) is 4.88. The maximum absolute atomic E-state index is 6.04. The van der Waals surface area contributed by atoms with Crippen molar-refractivity contribution in [2.45, 2.75) is 37.5 Å². The molecule has 110 valence electrons. The lowest BCUT2D eigenvalue weighted by Gasteiger charge is -2.28. The number of aromatic nitrogens is 2. The minimum Gasteiger partial charge on any atom is -0.375 e. The van der Waals surface area contributed by atoms with Crippen LogP contribution in [0.4, 0.5) is 0 Å². The Morgan fingerprint density at radius 3 is 2.76 bits per heavy atom. The molecule has 4 rings (SSSR count). The van der Waals surface area contributed by atoms with Gasteiger partial charge in [0.1, 0.15) is 0 Å². The van der Waals surface area contributed by atoms with Gasteiger partial charge in [0.05, 0.1) is 29.6 Å². The third kappa shape index (κ3) is 2.19. The van der Waals surface area contributed by atoms with Gasteiger partial charge in [0.2, 0.25) is 0 Å². The minimum absolute atomic E-state index is 0.294. The highest BCUT2D eigenvalue weighted by Crippen LogP contribution is 2.44. The van der Waals surface area contributed by atoms with E-state index in [1.807, 2.05) is 24.0 Å². The van der Waals surface area contributed by atoms with Crippen molar-refractivity contribution in [3.63, 3.8) is 0 Å². The van der Waals surface area contributed by atoms with E-state index in [2.05, 4.69) is 40.7 Å². The average molecular weight is 283 g/mol. The number of ether oxygens (including phenoxy) is 1. The zero-order valence-corrected chi connectivity index (χ0v) is 12.3. The Labute approximate surface area is 125 Å². The zero-order chi connectivity index (χ0) is 14.2. The Hall–Kier alpha value is -1.65. The number of hydrogen-bond acceptors (Lipinski definition) is 3. The monoisotopic (exact) mass is 283 g/mol. The molecular weight excluding hydrogens is 262 g/mol. The summed E-state index contributed by atoms with van der Waals surface area (Å²) in [6.45, 7) is 0. The molecule has 3 heterocycles. The predicted molar refractivity (Wildman–Crippen MR) is 81.4 cm³/mol. The van der Waals surface area contributed by atoms with Crippen LogP contribution in [0.5, 0.6) is 0 Å². The van der Waals surface area contributed by atoms with Gasteiger partial charge >= 0.3 is 0 Å². The SMILES string of the molecule is CNC(c1ccnn1-c1ccccc1)C1CC2CCC1O2. The first-order valence-corrected chi connectivity index (χ1v) is 7.79. The quantitative estimate of drug-likeness (QED) is 0.937. The molecule has 2 saturated heterocycles. The number of benzene rings is 1. The maximum atomic E-state index is 6.04. The molecular formula is C17H21N3O. The molecule has 4 heteroatoms. The number of para-hydroxylation sites is 1. The summed E-state index contributed by atoms with van der Waals surface area (Å²) in [5, 5.41) is 8.03. The van der Waals surface area contributed by atoms with Crippen molar-refractivity contribution in [1.82, 2.24) is 15.1 Å². The Morgan fingerprint density at radius 1 is 1.24 bits per heavy atom. The summed E-state index contributed by atoms with van der Waals surface area (Å²) in [5.41, 5.74) is 2.34. The first-order chi connectivity index (χ1) is 10.4. The van der Waals surface area contributed by atoms with Gasteiger partial charge in [-0.15, -0.1) is 0 Å². The van der Waals surface area contributed by atoms with Gasteiger partial charge in [-0.2, -0.15) is 5.10 Å². The van der Waals surface area contributed by atoms with Crippen LogP contribution in [-0.4, -0.2) is 29.0 Å². The van der Waals surface area contributed by atoms with Crippen LogP contribution in [0.2, 0.25) is 0 Å². The third-order valence-electron chi connectivity index (χ3n) is 4.88.